The van der Waals surface area contributed by atoms with Gasteiger partial charge in [0.05, 0.1) is 14.2 Å². The molecule has 1 unspecified atom stereocenters. The molecular formula is C22H25NO5. The van der Waals surface area contributed by atoms with Gasteiger partial charge in [0.15, 0.2) is 6.10 Å². The van der Waals surface area contributed by atoms with Crippen LogP contribution in [0.3, 0.4) is 0 Å². The van der Waals surface area contributed by atoms with Crippen molar-refractivity contribution < 1.29 is 23.8 Å². The SMILES string of the molecule is COc1ccc(/C=C/C(=O)OC(C)C(=O)Nc2ccc(C)cc2C)c(OC)c1. The first-order chi connectivity index (χ1) is 13.3. The molecule has 0 fully saturated rings. The summed E-state index contributed by atoms with van der Waals surface area (Å²) in [4.78, 5) is 24.3. The third-order valence-corrected chi connectivity index (χ3v) is 4.14. The number of amides is 1. The molecule has 0 heterocycles. The Hall–Kier alpha value is -3.28. The van der Waals surface area contributed by atoms with Gasteiger partial charge in [-0.1, -0.05) is 17.7 Å². The van der Waals surface area contributed by atoms with E-state index >= 15 is 0 Å². The molecule has 0 bridgehead atoms. The lowest BCUT2D eigenvalue weighted by Gasteiger charge is -2.14. The summed E-state index contributed by atoms with van der Waals surface area (Å²) < 4.78 is 15.6. The summed E-state index contributed by atoms with van der Waals surface area (Å²) in [5, 5.41) is 2.77. The Bertz CT molecular complexity index is 888. The molecule has 2 aromatic carbocycles. The van der Waals surface area contributed by atoms with Gasteiger partial charge in [0, 0.05) is 23.4 Å². The molecule has 2 rings (SSSR count). The molecule has 1 atom stereocenters. The molecule has 0 saturated carbocycles. The zero-order valence-electron chi connectivity index (χ0n) is 16.7. The van der Waals surface area contributed by atoms with Crippen LogP contribution in [0, 0.1) is 13.8 Å². The van der Waals surface area contributed by atoms with Gasteiger partial charge in [0.1, 0.15) is 11.5 Å². The molecule has 0 aliphatic carbocycles. The molecule has 0 aliphatic rings. The number of ether oxygens (including phenoxy) is 3. The highest BCUT2D eigenvalue weighted by Crippen LogP contribution is 2.25. The van der Waals surface area contributed by atoms with E-state index in [9.17, 15) is 9.59 Å². The van der Waals surface area contributed by atoms with E-state index < -0.39 is 18.0 Å². The van der Waals surface area contributed by atoms with Gasteiger partial charge in [-0.3, -0.25) is 4.79 Å². The third kappa shape index (κ3) is 5.61. The van der Waals surface area contributed by atoms with E-state index in [1.54, 1.807) is 31.4 Å². The number of esters is 1. The first-order valence-corrected chi connectivity index (χ1v) is 8.83. The number of hydrogen-bond acceptors (Lipinski definition) is 5. The average molecular weight is 383 g/mol. The molecule has 0 saturated heterocycles. The topological polar surface area (TPSA) is 73.9 Å². The van der Waals surface area contributed by atoms with Crippen molar-refractivity contribution in [1.82, 2.24) is 0 Å². The number of aryl methyl sites for hydroxylation is 2. The monoisotopic (exact) mass is 383 g/mol. The van der Waals surface area contributed by atoms with Crippen molar-refractivity contribution in [2.75, 3.05) is 19.5 Å². The fraction of sp³-hybridized carbons (Fsp3) is 0.273. The van der Waals surface area contributed by atoms with Gasteiger partial charge in [-0.2, -0.15) is 0 Å². The summed E-state index contributed by atoms with van der Waals surface area (Å²) in [5.41, 5.74) is 3.43. The number of anilines is 1. The van der Waals surface area contributed by atoms with Crippen molar-refractivity contribution >= 4 is 23.6 Å². The zero-order chi connectivity index (χ0) is 20.7. The summed E-state index contributed by atoms with van der Waals surface area (Å²) >= 11 is 0. The van der Waals surface area contributed by atoms with E-state index in [0.717, 1.165) is 11.1 Å². The third-order valence-electron chi connectivity index (χ3n) is 4.14. The van der Waals surface area contributed by atoms with E-state index in [1.165, 1.54) is 20.1 Å². The Balaban J connectivity index is 1.98. The van der Waals surface area contributed by atoms with Crippen molar-refractivity contribution in [3.8, 4) is 11.5 Å². The maximum absolute atomic E-state index is 12.3. The van der Waals surface area contributed by atoms with Gasteiger partial charge in [-0.15, -0.1) is 0 Å². The molecule has 0 aliphatic heterocycles. The molecule has 28 heavy (non-hydrogen) atoms. The number of nitrogens with one attached hydrogen (secondary N) is 1. The van der Waals surface area contributed by atoms with Crippen molar-refractivity contribution in [2.24, 2.45) is 0 Å². The molecule has 2 aromatic rings. The van der Waals surface area contributed by atoms with E-state index in [0.29, 0.717) is 22.7 Å². The maximum Gasteiger partial charge on any atom is 0.331 e. The minimum atomic E-state index is -0.935. The largest absolute Gasteiger partial charge is 0.497 e. The fourth-order valence-corrected chi connectivity index (χ4v) is 2.57. The lowest BCUT2D eigenvalue weighted by molar-refractivity contribution is -0.148. The lowest BCUT2D eigenvalue weighted by atomic mass is 10.1. The van der Waals surface area contributed by atoms with E-state index in [-0.39, 0.29) is 0 Å². The number of rotatable bonds is 7. The molecule has 0 spiro atoms. The summed E-state index contributed by atoms with van der Waals surface area (Å²) in [5.74, 6) is 0.189. The minimum absolute atomic E-state index is 0.393. The Morgan fingerprint density at radius 1 is 1.04 bits per heavy atom. The van der Waals surface area contributed by atoms with Crippen LogP contribution in [0.4, 0.5) is 5.69 Å². The smallest absolute Gasteiger partial charge is 0.331 e. The highest BCUT2D eigenvalue weighted by Gasteiger charge is 2.17. The molecule has 1 N–H and O–H groups in total. The quantitative estimate of drug-likeness (QED) is 0.580. The van der Waals surface area contributed by atoms with Gasteiger partial charge in [0.25, 0.3) is 5.91 Å². The summed E-state index contributed by atoms with van der Waals surface area (Å²) in [7, 11) is 3.09. The highest BCUT2D eigenvalue weighted by atomic mass is 16.5. The van der Waals surface area contributed by atoms with E-state index in [1.807, 2.05) is 32.0 Å². The second kappa shape index (κ2) is 9.60. The van der Waals surface area contributed by atoms with Crippen LogP contribution in [0.5, 0.6) is 11.5 Å². The Morgan fingerprint density at radius 2 is 1.79 bits per heavy atom. The van der Waals surface area contributed by atoms with Crippen LogP contribution in [0.2, 0.25) is 0 Å². The number of carbonyl (C=O) groups is 2. The second-order valence-corrected chi connectivity index (χ2v) is 6.33. The van der Waals surface area contributed by atoms with E-state index in [4.69, 9.17) is 14.2 Å². The maximum atomic E-state index is 12.3. The van der Waals surface area contributed by atoms with Gasteiger partial charge in [0.2, 0.25) is 0 Å². The minimum Gasteiger partial charge on any atom is -0.497 e. The summed E-state index contributed by atoms with van der Waals surface area (Å²) in [6.07, 6.45) is 1.89. The fourth-order valence-electron chi connectivity index (χ4n) is 2.57. The first-order valence-electron chi connectivity index (χ1n) is 8.83. The number of methoxy groups -OCH3 is 2. The van der Waals surface area contributed by atoms with Crippen LogP contribution in [0.25, 0.3) is 6.08 Å². The van der Waals surface area contributed by atoms with Crippen LogP contribution < -0.4 is 14.8 Å². The Labute approximate surface area is 165 Å². The van der Waals surface area contributed by atoms with Crippen LogP contribution in [0.15, 0.2) is 42.5 Å². The highest BCUT2D eigenvalue weighted by molar-refractivity contribution is 5.97. The Kier molecular flexibility index (Phi) is 7.21. The molecule has 6 heteroatoms. The summed E-state index contributed by atoms with van der Waals surface area (Å²) in [6.45, 7) is 5.41. The molecule has 0 radical (unpaired) electrons. The van der Waals surface area contributed by atoms with Crippen LogP contribution in [-0.4, -0.2) is 32.2 Å². The normalized spacial score (nSPS) is 11.8. The van der Waals surface area contributed by atoms with Crippen LogP contribution >= 0.6 is 0 Å². The number of benzene rings is 2. The molecule has 6 nitrogen and oxygen atoms in total. The number of carbonyl (C=O) groups excluding carboxylic acids is 2. The molecule has 0 aromatic heterocycles. The predicted octanol–water partition coefficient (Wildman–Crippen LogP) is 3.90. The van der Waals surface area contributed by atoms with Crippen molar-refractivity contribution in [3.63, 3.8) is 0 Å². The van der Waals surface area contributed by atoms with Gasteiger partial charge in [-0.25, -0.2) is 4.79 Å². The van der Waals surface area contributed by atoms with Gasteiger partial charge < -0.3 is 19.5 Å². The van der Waals surface area contributed by atoms with Crippen LogP contribution in [0.1, 0.15) is 23.6 Å². The predicted molar refractivity (Wildman–Crippen MR) is 109 cm³/mol. The van der Waals surface area contributed by atoms with Gasteiger partial charge in [-0.05, 0) is 50.6 Å². The Morgan fingerprint density at radius 3 is 2.43 bits per heavy atom. The molecular weight excluding hydrogens is 358 g/mol. The first kappa shape index (κ1) is 21.0. The lowest BCUT2D eigenvalue weighted by Crippen LogP contribution is -2.29. The second-order valence-electron chi connectivity index (χ2n) is 6.33. The summed E-state index contributed by atoms with van der Waals surface area (Å²) in [6, 6.07) is 10.9. The van der Waals surface area contributed by atoms with E-state index in [2.05, 4.69) is 5.32 Å². The molecule has 1 amide bonds. The van der Waals surface area contributed by atoms with Crippen molar-refractivity contribution in [2.45, 2.75) is 26.9 Å². The molecule has 148 valence electrons. The van der Waals surface area contributed by atoms with Crippen molar-refractivity contribution in [3.05, 3.63) is 59.2 Å². The van der Waals surface area contributed by atoms with Crippen molar-refractivity contribution in [1.29, 1.82) is 0 Å². The average Bonchev–Trinajstić information content (AvgIpc) is 2.68. The van der Waals surface area contributed by atoms with Gasteiger partial charge >= 0.3 is 5.97 Å². The standard InChI is InChI=1S/C22H25NO5/c1-14-6-10-19(15(2)12-14)23-22(25)16(3)28-21(24)11-8-17-7-9-18(26-4)13-20(17)27-5/h6-13,16H,1-5H3,(H,23,25)/b11-8+. The zero-order valence-corrected chi connectivity index (χ0v) is 16.7. The van der Waals surface area contributed by atoms with Crippen LogP contribution in [-0.2, 0) is 14.3 Å². The number of hydrogen-bond donors (Lipinski definition) is 1.